The number of ether oxygens (including phenoxy) is 1. The molecule has 4 nitrogen and oxygen atoms in total. The SMILES string of the molecule is Cc1ccc(CN(C(=O)C2(N)CCOC2)C2CC2)cc1. The minimum atomic E-state index is -0.812. The summed E-state index contributed by atoms with van der Waals surface area (Å²) in [5.41, 5.74) is 7.82. The monoisotopic (exact) mass is 274 g/mol. The molecular weight excluding hydrogens is 252 g/mol. The molecule has 2 N–H and O–H groups in total. The molecule has 1 aromatic carbocycles. The number of nitrogens with zero attached hydrogens (tertiary/aromatic N) is 1. The van der Waals surface area contributed by atoms with Gasteiger partial charge >= 0.3 is 0 Å². The molecule has 2 aliphatic rings. The van der Waals surface area contributed by atoms with E-state index in [0.29, 0.717) is 32.2 Å². The third-order valence-electron chi connectivity index (χ3n) is 4.20. The number of hydrogen-bond donors (Lipinski definition) is 1. The molecule has 0 bridgehead atoms. The van der Waals surface area contributed by atoms with E-state index in [0.717, 1.165) is 12.8 Å². The van der Waals surface area contributed by atoms with Gasteiger partial charge in [-0.3, -0.25) is 4.79 Å². The van der Waals surface area contributed by atoms with Gasteiger partial charge in [0.2, 0.25) is 5.91 Å². The zero-order valence-corrected chi connectivity index (χ0v) is 12.0. The molecule has 1 saturated heterocycles. The molecular formula is C16H22N2O2. The summed E-state index contributed by atoms with van der Waals surface area (Å²) in [4.78, 5) is 14.7. The molecule has 0 spiro atoms. The molecule has 1 aliphatic carbocycles. The number of aryl methyl sites for hydroxylation is 1. The van der Waals surface area contributed by atoms with Crippen LogP contribution in [0.4, 0.5) is 0 Å². The smallest absolute Gasteiger partial charge is 0.245 e. The van der Waals surface area contributed by atoms with Gasteiger partial charge in [-0.25, -0.2) is 0 Å². The quantitative estimate of drug-likeness (QED) is 0.907. The van der Waals surface area contributed by atoms with Crippen LogP contribution in [0, 0.1) is 6.92 Å². The molecule has 1 aliphatic heterocycles. The van der Waals surface area contributed by atoms with Crippen molar-refractivity contribution >= 4 is 5.91 Å². The lowest BCUT2D eigenvalue weighted by Crippen LogP contribution is -2.56. The van der Waals surface area contributed by atoms with E-state index in [4.69, 9.17) is 10.5 Å². The Bertz CT molecular complexity index is 488. The minimum Gasteiger partial charge on any atom is -0.379 e. The molecule has 1 heterocycles. The third-order valence-corrected chi connectivity index (χ3v) is 4.20. The Balaban J connectivity index is 1.75. The van der Waals surface area contributed by atoms with Crippen molar-refractivity contribution in [1.29, 1.82) is 0 Å². The van der Waals surface area contributed by atoms with E-state index in [2.05, 4.69) is 31.2 Å². The van der Waals surface area contributed by atoms with Crippen LogP contribution in [-0.4, -0.2) is 35.6 Å². The molecule has 0 radical (unpaired) electrons. The van der Waals surface area contributed by atoms with Crippen LogP contribution >= 0.6 is 0 Å². The first-order chi connectivity index (χ1) is 9.58. The van der Waals surface area contributed by atoms with Crippen LogP contribution in [0.5, 0.6) is 0 Å². The van der Waals surface area contributed by atoms with Gasteiger partial charge in [0, 0.05) is 19.2 Å². The summed E-state index contributed by atoms with van der Waals surface area (Å²) < 4.78 is 5.32. The predicted octanol–water partition coefficient (Wildman–Crippen LogP) is 1.60. The van der Waals surface area contributed by atoms with Crippen molar-refractivity contribution in [3.05, 3.63) is 35.4 Å². The van der Waals surface area contributed by atoms with Crippen molar-refractivity contribution in [2.24, 2.45) is 5.73 Å². The van der Waals surface area contributed by atoms with E-state index < -0.39 is 5.54 Å². The molecule has 0 aromatic heterocycles. The Morgan fingerprint density at radius 1 is 1.40 bits per heavy atom. The fourth-order valence-corrected chi connectivity index (χ4v) is 2.68. The second-order valence-electron chi connectivity index (χ2n) is 6.11. The molecule has 1 unspecified atom stereocenters. The number of benzene rings is 1. The highest BCUT2D eigenvalue weighted by molar-refractivity contribution is 5.87. The first kappa shape index (κ1) is 13.6. The lowest BCUT2D eigenvalue weighted by molar-refractivity contribution is -0.138. The highest BCUT2D eigenvalue weighted by Crippen LogP contribution is 2.31. The van der Waals surface area contributed by atoms with Crippen LogP contribution in [0.3, 0.4) is 0 Å². The van der Waals surface area contributed by atoms with E-state index in [-0.39, 0.29) is 5.91 Å². The van der Waals surface area contributed by atoms with Crippen LogP contribution in [-0.2, 0) is 16.1 Å². The predicted molar refractivity (Wildman–Crippen MR) is 77.1 cm³/mol. The number of carbonyl (C=O) groups is 1. The summed E-state index contributed by atoms with van der Waals surface area (Å²) in [5.74, 6) is 0.0538. The highest BCUT2D eigenvalue weighted by atomic mass is 16.5. The molecule has 1 saturated carbocycles. The first-order valence-corrected chi connectivity index (χ1v) is 7.32. The molecule has 3 rings (SSSR count). The molecule has 4 heteroatoms. The van der Waals surface area contributed by atoms with Gasteiger partial charge in [0.1, 0.15) is 5.54 Å². The Labute approximate surface area is 119 Å². The summed E-state index contributed by atoms with van der Waals surface area (Å²) in [6, 6.07) is 8.72. The summed E-state index contributed by atoms with van der Waals surface area (Å²) in [7, 11) is 0. The van der Waals surface area contributed by atoms with Crippen molar-refractivity contribution in [2.75, 3.05) is 13.2 Å². The average Bonchev–Trinajstić information content (AvgIpc) is 3.19. The largest absolute Gasteiger partial charge is 0.379 e. The van der Waals surface area contributed by atoms with Crippen molar-refractivity contribution in [1.82, 2.24) is 4.90 Å². The Morgan fingerprint density at radius 2 is 2.10 bits per heavy atom. The second kappa shape index (κ2) is 5.19. The maximum Gasteiger partial charge on any atom is 0.245 e. The van der Waals surface area contributed by atoms with Gasteiger partial charge in [0.05, 0.1) is 6.61 Å². The maximum atomic E-state index is 12.7. The van der Waals surface area contributed by atoms with Gasteiger partial charge in [-0.1, -0.05) is 29.8 Å². The van der Waals surface area contributed by atoms with Gasteiger partial charge in [0.15, 0.2) is 0 Å². The molecule has 2 fully saturated rings. The first-order valence-electron chi connectivity index (χ1n) is 7.32. The van der Waals surface area contributed by atoms with Crippen LogP contribution in [0.1, 0.15) is 30.4 Å². The topological polar surface area (TPSA) is 55.6 Å². The van der Waals surface area contributed by atoms with E-state index in [1.165, 1.54) is 11.1 Å². The number of nitrogens with two attached hydrogens (primary N) is 1. The fourth-order valence-electron chi connectivity index (χ4n) is 2.68. The molecule has 108 valence electrons. The van der Waals surface area contributed by atoms with E-state index in [9.17, 15) is 4.79 Å². The lowest BCUT2D eigenvalue weighted by Gasteiger charge is -2.31. The normalized spacial score (nSPS) is 25.7. The van der Waals surface area contributed by atoms with Crippen LogP contribution in [0.15, 0.2) is 24.3 Å². The van der Waals surface area contributed by atoms with Crippen molar-refractivity contribution in [3.8, 4) is 0 Å². The summed E-state index contributed by atoms with van der Waals surface area (Å²) >= 11 is 0. The summed E-state index contributed by atoms with van der Waals surface area (Å²) in [6.45, 7) is 3.66. The van der Waals surface area contributed by atoms with Gasteiger partial charge < -0.3 is 15.4 Å². The van der Waals surface area contributed by atoms with E-state index in [1.807, 2.05) is 4.90 Å². The standard InChI is InChI=1S/C16H22N2O2/c1-12-2-4-13(5-3-12)10-18(14-6-7-14)15(19)16(17)8-9-20-11-16/h2-5,14H,6-11,17H2,1H3. The Morgan fingerprint density at radius 3 is 2.65 bits per heavy atom. The van der Waals surface area contributed by atoms with Crippen LogP contribution < -0.4 is 5.73 Å². The van der Waals surface area contributed by atoms with Gasteiger partial charge in [-0.2, -0.15) is 0 Å². The fraction of sp³-hybridized carbons (Fsp3) is 0.562. The Hall–Kier alpha value is -1.39. The molecule has 1 amide bonds. The Kier molecular flexibility index (Phi) is 3.52. The zero-order chi connectivity index (χ0) is 14.2. The zero-order valence-electron chi connectivity index (χ0n) is 12.0. The third kappa shape index (κ3) is 2.72. The maximum absolute atomic E-state index is 12.7. The molecule has 20 heavy (non-hydrogen) atoms. The van der Waals surface area contributed by atoms with Crippen molar-refractivity contribution < 1.29 is 9.53 Å². The van der Waals surface area contributed by atoms with Gasteiger partial charge in [-0.15, -0.1) is 0 Å². The van der Waals surface area contributed by atoms with Gasteiger partial charge in [-0.05, 0) is 31.7 Å². The van der Waals surface area contributed by atoms with Crippen LogP contribution in [0.2, 0.25) is 0 Å². The van der Waals surface area contributed by atoms with Crippen LogP contribution in [0.25, 0.3) is 0 Å². The highest BCUT2D eigenvalue weighted by Gasteiger charge is 2.45. The second-order valence-corrected chi connectivity index (χ2v) is 6.11. The number of amides is 1. The van der Waals surface area contributed by atoms with E-state index >= 15 is 0 Å². The molecule has 1 atom stereocenters. The number of hydrogen-bond acceptors (Lipinski definition) is 3. The minimum absolute atomic E-state index is 0.0538. The van der Waals surface area contributed by atoms with Gasteiger partial charge in [0.25, 0.3) is 0 Å². The van der Waals surface area contributed by atoms with Crippen molar-refractivity contribution in [2.45, 2.75) is 44.3 Å². The summed E-state index contributed by atoms with van der Waals surface area (Å²) in [6.07, 6.45) is 2.81. The number of carbonyl (C=O) groups excluding carboxylic acids is 1. The van der Waals surface area contributed by atoms with Crippen molar-refractivity contribution in [3.63, 3.8) is 0 Å². The lowest BCUT2D eigenvalue weighted by atomic mass is 9.97. The summed E-state index contributed by atoms with van der Waals surface area (Å²) in [5, 5.41) is 0. The van der Waals surface area contributed by atoms with E-state index in [1.54, 1.807) is 0 Å². The number of rotatable bonds is 4. The average molecular weight is 274 g/mol. The molecule has 1 aromatic rings.